The van der Waals surface area contributed by atoms with E-state index in [9.17, 15) is 9.18 Å². The smallest absolute Gasteiger partial charge is 0.187 e. The molecule has 0 amide bonds. The Morgan fingerprint density at radius 3 is 2.88 bits per heavy atom. The second-order valence-electron chi connectivity index (χ2n) is 3.71. The van der Waals surface area contributed by atoms with Crippen LogP contribution in [0.4, 0.5) is 4.39 Å². The van der Waals surface area contributed by atoms with E-state index >= 15 is 0 Å². The Morgan fingerprint density at radius 1 is 1.47 bits per heavy atom. The third-order valence-corrected chi connectivity index (χ3v) is 3.13. The third kappa shape index (κ3) is 2.79. The first-order chi connectivity index (χ1) is 8.06. The fourth-order valence-electron chi connectivity index (χ4n) is 1.51. The average Bonchev–Trinajstić information content (AvgIpc) is 2.70. The van der Waals surface area contributed by atoms with E-state index in [1.807, 2.05) is 0 Å². The first-order valence-electron chi connectivity index (χ1n) is 5.03. The number of carbonyl (C=O) groups excluding carboxylic acids is 1. The molecular formula is C12H10BrFN2O. The number of nitrogens with zero attached hydrogens (tertiary/aromatic N) is 2. The topological polar surface area (TPSA) is 34.9 Å². The number of aryl methyl sites for hydroxylation is 1. The van der Waals surface area contributed by atoms with Crippen LogP contribution in [0.25, 0.3) is 0 Å². The molecule has 17 heavy (non-hydrogen) atoms. The van der Waals surface area contributed by atoms with Gasteiger partial charge in [0.25, 0.3) is 0 Å². The molecule has 0 aliphatic carbocycles. The Morgan fingerprint density at radius 2 is 2.24 bits per heavy atom. The molecule has 0 N–H and O–H groups in total. The first-order valence-corrected chi connectivity index (χ1v) is 5.82. The number of carbonyl (C=O) groups is 1. The third-order valence-electron chi connectivity index (χ3n) is 2.36. The standard InChI is InChI=1S/C12H10BrFN2O/c1-16-5-4-11(15-16)12(17)7-8-6-9(14)2-3-10(8)13/h2-6H,7H2,1H3. The van der Waals surface area contributed by atoms with Gasteiger partial charge in [0.15, 0.2) is 5.78 Å². The summed E-state index contributed by atoms with van der Waals surface area (Å²) in [6, 6.07) is 5.94. The Hall–Kier alpha value is -1.49. The van der Waals surface area contributed by atoms with E-state index in [1.54, 1.807) is 30.1 Å². The zero-order valence-corrected chi connectivity index (χ0v) is 10.7. The summed E-state index contributed by atoms with van der Waals surface area (Å²) in [7, 11) is 1.74. The summed E-state index contributed by atoms with van der Waals surface area (Å²) >= 11 is 3.29. The fraction of sp³-hybridized carbons (Fsp3) is 0.167. The van der Waals surface area contributed by atoms with Crippen molar-refractivity contribution in [3.63, 3.8) is 0 Å². The van der Waals surface area contributed by atoms with E-state index < -0.39 is 0 Å². The van der Waals surface area contributed by atoms with Crippen LogP contribution in [0, 0.1) is 5.82 Å². The van der Waals surface area contributed by atoms with Crippen LogP contribution in [0.15, 0.2) is 34.9 Å². The zero-order chi connectivity index (χ0) is 12.4. The van der Waals surface area contributed by atoms with Gasteiger partial charge in [-0.05, 0) is 29.8 Å². The summed E-state index contributed by atoms with van der Waals surface area (Å²) in [6.45, 7) is 0. The molecule has 1 heterocycles. The van der Waals surface area contributed by atoms with E-state index in [0.717, 1.165) is 4.47 Å². The van der Waals surface area contributed by atoms with Gasteiger partial charge in [0, 0.05) is 24.1 Å². The maximum atomic E-state index is 13.1. The molecule has 2 rings (SSSR count). The molecule has 0 spiro atoms. The number of halogens is 2. The molecule has 0 unspecified atom stereocenters. The molecule has 1 aromatic carbocycles. The molecule has 88 valence electrons. The number of ketones is 1. The van der Waals surface area contributed by atoms with Gasteiger partial charge >= 0.3 is 0 Å². The quantitative estimate of drug-likeness (QED) is 0.817. The zero-order valence-electron chi connectivity index (χ0n) is 9.15. The second-order valence-corrected chi connectivity index (χ2v) is 4.56. The number of rotatable bonds is 3. The molecule has 2 aromatic rings. The maximum Gasteiger partial charge on any atom is 0.187 e. The molecule has 0 bridgehead atoms. The van der Waals surface area contributed by atoms with Crippen LogP contribution in [0.1, 0.15) is 16.1 Å². The van der Waals surface area contributed by atoms with E-state index in [4.69, 9.17) is 0 Å². The lowest BCUT2D eigenvalue weighted by Crippen LogP contribution is -2.06. The fourth-order valence-corrected chi connectivity index (χ4v) is 1.89. The van der Waals surface area contributed by atoms with Gasteiger partial charge < -0.3 is 0 Å². The van der Waals surface area contributed by atoms with E-state index in [0.29, 0.717) is 11.3 Å². The van der Waals surface area contributed by atoms with Crippen LogP contribution in [0.3, 0.4) is 0 Å². The number of aromatic nitrogens is 2. The number of Topliss-reactive ketones (excluding diaryl/α,β-unsaturated/α-hetero) is 1. The lowest BCUT2D eigenvalue weighted by Gasteiger charge is -2.02. The summed E-state index contributed by atoms with van der Waals surface area (Å²) < 4.78 is 15.3. The van der Waals surface area contributed by atoms with Crippen molar-refractivity contribution in [1.82, 2.24) is 9.78 Å². The molecule has 0 fully saturated rings. The highest BCUT2D eigenvalue weighted by atomic mass is 79.9. The summed E-state index contributed by atoms with van der Waals surface area (Å²) in [4.78, 5) is 11.9. The molecule has 0 saturated heterocycles. The predicted molar refractivity (Wildman–Crippen MR) is 65.3 cm³/mol. The van der Waals surface area contributed by atoms with Gasteiger partial charge in [-0.3, -0.25) is 9.48 Å². The molecule has 0 aliphatic heterocycles. The van der Waals surface area contributed by atoms with Crippen molar-refractivity contribution in [2.75, 3.05) is 0 Å². The monoisotopic (exact) mass is 296 g/mol. The molecule has 0 radical (unpaired) electrons. The SMILES string of the molecule is Cn1ccc(C(=O)Cc2cc(F)ccc2Br)n1. The van der Waals surface area contributed by atoms with Crippen molar-refractivity contribution in [1.29, 1.82) is 0 Å². The Balaban J connectivity index is 2.21. The van der Waals surface area contributed by atoms with E-state index in [2.05, 4.69) is 21.0 Å². The number of hydrogen-bond donors (Lipinski definition) is 0. The van der Waals surface area contributed by atoms with Crippen LogP contribution in [0.5, 0.6) is 0 Å². The molecule has 0 aliphatic rings. The summed E-state index contributed by atoms with van der Waals surface area (Å²) in [5, 5.41) is 4.02. The van der Waals surface area contributed by atoms with Crippen LogP contribution < -0.4 is 0 Å². The van der Waals surface area contributed by atoms with Gasteiger partial charge in [0.05, 0.1) is 0 Å². The predicted octanol–water partition coefficient (Wildman–Crippen LogP) is 2.75. The maximum absolute atomic E-state index is 13.1. The van der Waals surface area contributed by atoms with Crippen molar-refractivity contribution in [3.8, 4) is 0 Å². The highest BCUT2D eigenvalue weighted by Crippen LogP contribution is 2.19. The van der Waals surface area contributed by atoms with Crippen molar-refractivity contribution < 1.29 is 9.18 Å². The van der Waals surface area contributed by atoms with Crippen molar-refractivity contribution in [2.45, 2.75) is 6.42 Å². The molecule has 3 nitrogen and oxygen atoms in total. The lowest BCUT2D eigenvalue weighted by atomic mass is 10.1. The van der Waals surface area contributed by atoms with Gasteiger partial charge in [-0.2, -0.15) is 5.10 Å². The summed E-state index contributed by atoms with van der Waals surface area (Å²) in [5.41, 5.74) is 1.02. The highest BCUT2D eigenvalue weighted by Gasteiger charge is 2.12. The number of benzene rings is 1. The Labute approximate surface area is 106 Å². The normalized spacial score (nSPS) is 10.5. The second kappa shape index (κ2) is 4.79. The van der Waals surface area contributed by atoms with Crippen molar-refractivity contribution in [2.24, 2.45) is 7.05 Å². The van der Waals surface area contributed by atoms with Gasteiger partial charge in [-0.15, -0.1) is 0 Å². The molecule has 1 aromatic heterocycles. The van der Waals surface area contributed by atoms with Crippen LogP contribution in [0.2, 0.25) is 0 Å². The lowest BCUT2D eigenvalue weighted by molar-refractivity contribution is 0.0987. The summed E-state index contributed by atoms with van der Waals surface area (Å²) in [6.07, 6.45) is 1.84. The minimum atomic E-state index is -0.350. The van der Waals surface area contributed by atoms with Crippen LogP contribution >= 0.6 is 15.9 Å². The van der Waals surface area contributed by atoms with E-state index in [-0.39, 0.29) is 18.0 Å². The van der Waals surface area contributed by atoms with Crippen molar-refractivity contribution in [3.05, 3.63) is 52.0 Å². The average molecular weight is 297 g/mol. The number of hydrogen-bond acceptors (Lipinski definition) is 2. The van der Waals surface area contributed by atoms with Crippen LogP contribution in [-0.4, -0.2) is 15.6 Å². The Bertz CT molecular complexity index is 565. The highest BCUT2D eigenvalue weighted by molar-refractivity contribution is 9.10. The van der Waals surface area contributed by atoms with Crippen molar-refractivity contribution >= 4 is 21.7 Å². The first kappa shape index (κ1) is 12.0. The minimum absolute atomic E-state index is 0.128. The largest absolute Gasteiger partial charge is 0.292 e. The molecule has 0 saturated carbocycles. The molecule has 0 atom stereocenters. The Kier molecular flexibility index (Phi) is 3.38. The molecule has 5 heteroatoms. The van der Waals surface area contributed by atoms with Gasteiger partial charge in [0.1, 0.15) is 11.5 Å². The van der Waals surface area contributed by atoms with Gasteiger partial charge in [0.2, 0.25) is 0 Å². The summed E-state index contributed by atoms with van der Waals surface area (Å²) in [5.74, 6) is -0.478. The van der Waals surface area contributed by atoms with Crippen LogP contribution in [-0.2, 0) is 13.5 Å². The minimum Gasteiger partial charge on any atom is -0.292 e. The van der Waals surface area contributed by atoms with Gasteiger partial charge in [-0.1, -0.05) is 15.9 Å². The molecular weight excluding hydrogens is 287 g/mol. The van der Waals surface area contributed by atoms with Gasteiger partial charge in [-0.25, -0.2) is 4.39 Å². The van der Waals surface area contributed by atoms with E-state index in [1.165, 1.54) is 12.1 Å².